The average molecular weight is 347 g/mol. The van der Waals surface area contributed by atoms with Gasteiger partial charge in [-0.15, -0.1) is 0 Å². The molecular formula is C22H34O3. The van der Waals surface area contributed by atoms with Crippen LogP contribution in [0.5, 0.6) is 11.5 Å². The zero-order valence-electron chi connectivity index (χ0n) is 16.6. The van der Waals surface area contributed by atoms with Gasteiger partial charge in [0.25, 0.3) is 0 Å². The third-order valence-corrected chi connectivity index (χ3v) is 3.10. The van der Waals surface area contributed by atoms with Gasteiger partial charge in [-0.2, -0.15) is 0 Å². The van der Waals surface area contributed by atoms with Gasteiger partial charge in [-0.3, -0.25) is 0 Å². The molecule has 0 aliphatic rings. The summed E-state index contributed by atoms with van der Waals surface area (Å²) in [6.07, 6.45) is 0. The second-order valence-electron chi connectivity index (χ2n) is 7.60. The molecule has 0 unspecified atom stereocenters. The van der Waals surface area contributed by atoms with Crippen molar-refractivity contribution in [3.05, 3.63) is 59.7 Å². The van der Waals surface area contributed by atoms with Gasteiger partial charge in [-0.1, -0.05) is 64.1 Å². The van der Waals surface area contributed by atoms with Crippen LogP contribution in [0.2, 0.25) is 0 Å². The Labute approximate surface area is 153 Å². The predicted molar refractivity (Wildman–Crippen MR) is 106 cm³/mol. The molecular weight excluding hydrogens is 312 g/mol. The van der Waals surface area contributed by atoms with Gasteiger partial charge in [-0.25, -0.2) is 0 Å². The smallest absolute Gasteiger partial charge is 0.122 e. The van der Waals surface area contributed by atoms with E-state index in [-0.39, 0.29) is 0 Å². The number of rotatable bonds is 2. The molecule has 0 heterocycles. The molecule has 0 aromatic heterocycles. The Kier molecular flexibility index (Phi) is 9.92. The lowest BCUT2D eigenvalue weighted by atomic mass is 9.94. The summed E-state index contributed by atoms with van der Waals surface area (Å²) in [4.78, 5) is 0. The Morgan fingerprint density at radius 1 is 0.680 bits per heavy atom. The molecule has 3 heteroatoms. The minimum absolute atomic E-state index is 0.322. The molecule has 0 amide bonds. The SMILES string of the molecule is CC(C)(C)O.CC(C)c1cccc(C(C)C)c1O.Oc1ccccc1. The van der Waals surface area contributed by atoms with E-state index in [9.17, 15) is 5.11 Å². The van der Waals surface area contributed by atoms with Gasteiger partial charge in [0.15, 0.2) is 0 Å². The lowest BCUT2D eigenvalue weighted by Crippen LogP contribution is -2.10. The van der Waals surface area contributed by atoms with Gasteiger partial charge in [0, 0.05) is 0 Å². The fourth-order valence-electron chi connectivity index (χ4n) is 1.94. The van der Waals surface area contributed by atoms with Crippen molar-refractivity contribution in [3.8, 4) is 11.5 Å². The second kappa shape index (κ2) is 10.8. The van der Waals surface area contributed by atoms with Gasteiger partial charge in [-0.05, 0) is 55.9 Å². The Hall–Kier alpha value is -2.00. The minimum atomic E-state index is -0.500. The second-order valence-corrected chi connectivity index (χ2v) is 7.60. The van der Waals surface area contributed by atoms with E-state index in [1.165, 1.54) is 0 Å². The molecule has 0 aliphatic heterocycles. The number of phenolic OH excluding ortho intramolecular Hbond substituents is 2. The first-order chi connectivity index (χ1) is 11.4. The molecule has 3 N–H and O–H groups in total. The van der Waals surface area contributed by atoms with Crippen molar-refractivity contribution in [2.24, 2.45) is 0 Å². The fourth-order valence-corrected chi connectivity index (χ4v) is 1.94. The maximum atomic E-state index is 9.93. The van der Waals surface area contributed by atoms with E-state index in [4.69, 9.17) is 10.2 Å². The van der Waals surface area contributed by atoms with Gasteiger partial charge < -0.3 is 15.3 Å². The summed E-state index contributed by atoms with van der Waals surface area (Å²) < 4.78 is 0. The summed E-state index contributed by atoms with van der Waals surface area (Å²) in [6.45, 7) is 13.6. The van der Waals surface area contributed by atoms with Crippen molar-refractivity contribution >= 4 is 0 Å². The standard InChI is InChI=1S/C12H18O.C6H6O.C4H10O/c1-8(2)10-6-5-7-11(9(3)4)12(10)13;7-6-4-2-1-3-5-6;1-4(2,3)5/h5-9,13H,1-4H3;1-5,7H;5H,1-3H3. The van der Waals surface area contributed by atoms with Crippen LogP contribution >= 0.6 is 0 Å². The molecule has 0 bridgehead atoms. The van der Waals surface area contributed by atoms with Crippen LogP contribution in [0.1, 0.15) is 71.4 Å². The summed E-state index contributed by atoms with van der Waals surface area (Å²) in [6, 6.07) is 14.7. The first-order valence-corrected chi connectivity index (χ1v) is 8.71. The molecule has 2 aromatic rings. The van der Waals surface area contributed by atoms with Crippen molar-refractivity contribution < 1.29 is 15.3 Å². The first kappa shape index (κ1) is 23.0. The molecule has 2 aromatic carbocycles. The Bertz CT molecular complexity index is 564. The fraction of sp³-hybridized carbons (Fsp3) is 0.455. The van der Waals surface area contributed by atoms with E-state index in [1.54, 1.807) is 45.0 Å². The maximum Gasteiger partial charge on any atom is 0.122 e. The quantitative estimate of drug-likeness (QED) is 0.643. The molecule has 0 aliphatic carbocycles. The van der Waals surface area contributed by atoms with Crippen LogP contribution in [0.3, 0.4) is 0 Å². The van der Waals surface area contributed by atoms with E-state index < -0.39 is 5.60 Å². The predicted octanol–water partition coefficient (Wildman–Crippen LogP) is 5.81. The van der Waals surface area contributed by atoms with E-state index in [2.05, 4.69) is 27.7 Å². The van der Waals surface area contributed by atoms with Crippen molar-refractivity contribution in [1.82, 2.24) is 0 Å². The maximum absolute atomic E-state index is 9.93. The average Bonchev–Trinajstić information content (AvgIpc) is 2.46. The van der Waals surface area contributed by atoms with Crippen LogP contribution in [0.25, 0.3) is 0 Å². The Morgan fingerprint density at radius 3 is 1.28 bits per heavy atom. The van der Waals surface area contributed by atoms with Gasteiger partial charge in [0.05, 0.1) is 5.60 Å². The van der Waals surface area contributed by atoms with Crippen molar-refractivity contribution in [2.45, 2.75) is 65.9 Å². The molecule has 3 nitrogen and oxygen atoms in total. The van der Waals surface area contributed by atoms with Crippen molar-refractivity contribution in [2.75, 3.05) is 0 Å². The lowest BCUT2D eigenvalue weighted by Gasteiger charge is -2.14. The van der Waals surface area contributed by atoms with Gasteiger partial charge in [0.2, 0.25) is 0 Å². The third kappa shape index (κ3) is 11.2. The van der Waals surface area contributed by atoms with Crippen LogP contribution in [0.15, 0.2) is 48.5 Å². The number of aliphatic hydroxyl groups is 1. The van der Waals surface area contributed by atoms with E-state index in [1.807, 2.05) is 24.3 Å². The number of benzene rings is 2. The molecule has 0 spiro atoms. The summed E-state index contributed by atoms with van der Waals surface area (Å²) in [7, 11) is 0. The van der Waals surface area contributed by atoms with Gasteiger partial charge in [0.1, 0.15) is 11.5 Å². The topological polar surface area (TPSA) is 60.7 Å². The summed E-state index contributed by atoms with van der Waals surface area (Å²) in [5.74, 6) is 1.58. The normalized spacial score (nSPS) is 10.6. The Morgan fingerprint density at radius 2 is 1.04 bits per heavy atom. The highest BCUT2D eigenvalue weighted by Gasteiger charge is 2.11. The van der Waals surface area contributed by atoms with Gasteiger partial charge >= 0.3 is 0 Å². The number of para-hydroxylation sites is 2. The lowest BCUT2D eigenvalue weighted by molar-refractivity contribution is 0.102. The molecule has 2 rings (SSSR count). The number of hydrogen-bond donors (Lipinski definition) is 3. The zero-order chi connectivity index (χ0) is 19.6. The minimum Gasteiger partial charge on any atom is -0.508 e. The number of aromatic hydroxyl groups is 2. The van der Waals surface area contributed by atoms with E-state index >= 15 is 0 Å². The molecule has 0 radical (unpaired) electrons. The highest BCUT2D eigenvalue weighted by Crippen LogP contribution is 2.32. The summed E-state index contributed by atoms with van der Waals surface area (Å²) >= 11 is 0. The molecule has 0 saturated heterocycles. The van der Waals surface area contributed by atoms with Crippen molar-refractivity contribution in [1.29, 1.82) is 0 Å². The molecule has 0 saturated carbocycles. The van der Waals surface area contributed by atoms with Crippen molar-refractivity contribution in [3.63, 3.8) is 0 Å². The van der Waals surface area contributed by atoms with Crippen LogP contribution in [0.4, 0.5) is 0 Å². The number of hydrogen-bond acceptors (Lipinski definition) is 3. The summed E-state index contributed by atoms with van der Waals surface area (Å²) in [5, 5.41) is 27.1. The van der Waals surface area contributed by atoms with Crippen LogP contribution in [-0.4, -0.2) is 20.9 Å². The third-order valence-electron chi connectivity index (χ3n) is 3.10. The highest BCUT2D eigenvalue weighted by molar-refractivity contribution is 5.43. The molecule has 25 heavy (non-hydrogen) atoms. The molecule has 0 atom stereocenters. The monoisotopic (exact) mass is 346 g/mol. The molecule has 0 fully saturated rings. The van der Waals surface area contributed by atoms with Crippen LogP contribution < -0.4 is 0 Å². The van der Waals surface area contributed by atoms with Crippen LogP contribution in [0, 0.1) is 0 Å². The Balaban J connectivity index is 0.000000401. The zero-order valence-corrected chi connectivity index (χ0v) is 16.6. The number of phenols is 2. The van der Waals surface area contributed by atoms with E-state index in [0.717, 1.165) is 11.1 Å². The van der Waals surface area contributed by atoms with Crippen LogP contribution in [-0.2, 0) is 0 Å². The first-order valence-electron chi connectivity index (χ1n) is 8.71. The molecule has 140 valence electrons. The summed E-state index contributed by atoms with van der Waals surface area (Å²) in [5.41, 5.74) is 1.59. The largest absolute Gasteiger partial charge is 0.508 e. The van der Waals surface area contributed by atoms with E-state index in [0.29, 0.717) is 23.3 Å². The highest BCUT2D eigenvalue weighted by atomic mass is 16.3.